The summed E-state index contributed by atoms with van der Waals surface area (Å²) in [5.41, 5.74) is 0.179. The summed E-state index contributed by atoms with van der Waals surface area (Å²) in [7, 11) is 1.26. The van der Waals surface area contributed by atoms with Gasteiger partial charge in [0.15, 0.2) is 0 Å². The van der Waals surface area contributed by atoms with Crippen LogP contribution in [0.5, 0.6) is 11.8 Å². The lowest BCUT2D eigenvalue weighted by atomic mass is 10.2. The second kappa shape index (κ2) is 11.5. The van der Waals surface area contributed by atoms with Gasteiger partial charge in [-0.15, -0.1) is 0 Å². The van der Waals surface area contributed by atoms with Crippen molar-refractivity contribution in [2.24, 2.45) is 5.92 Å². The molecule has 0 amide bonds. The number of anilines is 2. The second-order valence-corrected chi connectivity index (χ2v) is 8.61. The van der Waals surface area contributed by atoms with Crippen molar-refractivity contribution in [1.29, 1.82) is 0 Å². The first-order valence-electron chi connectivity index (χ1n) is 11.3. The molecule has 3 heterocycles. The third kappa shape index (κ3) is 6.42. The van der Waals surface area contributed by atoms with Gasteiger partial charge in [0.05, 0.1) is 31.5 Å². The number of aromatic nitrogens is 4. The van der Waals surface area contributed by atoms with Gasteiger partial charge < -0.3 is 14.8 Å². The summed E-state index contributed by atoms with van der Waals surface area (Å²) in [5, 5.41) is 3.65. The van der Waals surface area contributed by atoms with Crippen molar-refractivity contribution in [2.75, 3.05) is 12.4 Å². The molecule has 0 radical (unpaired) electrons. The SMILES string of the molecule is COC(=O)[C@@H](C)Cn1c(=O)cc(Nc2ccc(Oc3ccccn3)nc2)n(Cc2ccc(Cl)cc2)c1=O. The molecule has 10 nitrogen and oxygen atoms in total. The number of methoxy groups -OCH3 is 1. The Bertz CT molecular complexity index is 1490. The summed E-state index contributed by atoms with van der Waals surface area (Å²) in [6.45, 7) is 1.62. The lowest BCUT2D eigenvalue weighted by molar-refractivity contribution is -0.145. The summed E-state index contributed by atoms with van der Waals surface area (Å²) in [6, 6.07) is 16.9. The summed E-state index contributed by atoms with van der Waals surface area (Å²) in [6.07, 6.45) is 3.12. The molecule has 0 aliphatic rings. The molecular weight excluding hydrogens is 498 g/mol. The van der Waals surface area contributed by atoms with Gasteiger partial charge in [-0.25, -0.2) is 14.8 Å². The topological polar surface area (TPSA) is 117 Å². The Labute approximate surface area is 217 Å². The van der Waals surface area contributed by atoms with E-state index >= 15 is 0 Å². The third-order valence-corrected chi connectivity index (χ3v) is 5.70. The van der Waals surface area contributed by atoms with Crippen LogP contribution in [0, 0.1) is 5.92 Å². The molecule has 190 valence electrons. The average Bonchev–Trinajstić information content (AvgIpc) is 2.91. The molecular formula is C26H24ClN5O5. The van der Waals surface area contributed by atoms with E-state index in [9.17, 15) is 14.4 Å². The van der Waals surface area contributed by atoms with Crippen LogP contribution in [0.2, 0.25) is 5.02 Å². The van der Waals surface area contributed by atoms with Crippen LogP contribution >= 0.6 is 11.6 Å². The Morgan fingerprint density at radius 2 is 1.78 bits per heavy atom. The summed E-state index contributed by atoms with van der Waals surface area (Å²) < 4.78 is 12.8. The zero-order valence-electron chi connectivity index (χ0n) is 20.1. The first-order valence-corrected chi connectivity index (χ1v) is 11.7. The average molecular weight is 522 g/mol. The number of rotatable bonds is 9. The lowest BCUT2D eigenvalue weighted by Gasteiger charge is -2.18. The molecule has 4 rings (SSSR count). The van der Waals surface area contributed by atoms with E-state index in [1.165, 1.54) is 23.9 Å². The van der Waals surface area contributed by atoms with E-state index in [2.05, 4.69) is 15.3 Å². The van der Waals surface area contributed by atoms with Crippen LogP contribution in [0.25, 0.3) is 0 Å². The van der Waals surface area contributed by atoms with Crippen molar-refractivity contribution < 1.29 is 14.3 Å². The molecule has 0 bridgehead atoms. The number of nitrogens with one attached hydrogen (secondary N) is 1. The largest absolute Gasteiger partial charge is 0.469 e. The highest BCUT2D eigenvalue weighted by Gasteiger charge is 2.19. The molecule has 0 spiro atoms. The Kier molecular flexibility index (Phi) is 7.99. The number of hydrogen-bond donors (Lipinski definition) is 1. The first kappa shape index (κ1) is 25.6. The summed E-state index contributed by atoms with van der Waals surface area (Å²) in [5.74, 6) is -0.217. The number of pyridine rings is 2. The number of carbonyl (C=O) groups excluding carboxylic acids is 1. The van der Waals surface area contributed by atoms with Crippen molar-refractivity contribution in [2.45, 2.75) is 20.0 Å². The maximum atomic E-state index is 13.4. The van der Waals surface area contributed by atoms with Gasteiger partial charge in [0.2, 0.25) is 11.8 Å². The number of carbonyl (C=O) groups is 1. The predicted octanol–water partition coefficient (Wildman–Crippen LogP) is 3.85. The highest BCUT2D eigenvalue weighted by molar-refractivity contribution is 6.30. The molecule has 11 heteroatoms. The van der Waals surface area contributed by atoms with Gasteiger partial charge in [0.25, 0.3) is 5.56 Å². The van der Waals surface area contributed by atoms with Crippen LogP contribution < -0.4 is 21.3 Å². The Balaban J connectivity index is 1.66. The van der Waals surface area contributed by atoms with Crippen molar-refractivity contribution >= 4 is 29.1 Å². The van der Waals surface area contributed by atoms with Crippen LogP contribution in [0.4, 0.5) is 11.5 Å². The Morgan fingerprint density at radius 3 is 2.43 bits per heavy atom. The normalized spacial score (nSPS) is 11.5. The van der Waals surface area contributed by atoms with Crippen LogP contribution in [0.1, 0.15) is 12.5 Å². The van der Waals surface area contributed by atoms with E-state index in [-0.39, 0.29) is 18.9 Å². The van der Waals surface area contributed by atoms with Gasteiger partial charge in [-0.1, -0.05) is 36.7 Å². The Morgan fingerprint density at radius 1 is 1.03 bits per heavy atom. The highest BCUT2D eigenvalue weighted by Crippen LogP contribution is 2.21. The fourth-order valence-corrected chi connectivity index (χ4v) is 3.67. The number of ether oxygens (including phenoxy) is 2. The molecule has 3 aromatic heterocycles. The maximum Gasteiger partial charge on any atom is 0.332 e. The van der Waals surface area contributed by atoms with E-state index in [0.717, 1.165) is 10.1 Å². The minimum atomic E-state index is -0.686. The second-order valence-electron chi connectivity index (χ2n) is 8.18. The fraction of sp³-hybridized carbons (Fsp3) is 0.192. The van der Waals surface area contributed by atoms with E-state index < -0.39 is 23.1 Å². The van der Waals surface area contributed by atoms with Crippen molar-refractivity contribution in [3.8, 4) is 11.8 Å². The number of nitrogens with zero attached hydrogens (tertiary/aromatic N) is 4. The molecule has 37 heavy (non-hydrogen) atoms. The molecule has 4 aromatic rings. The molecule has 1 N–H and O–H groups in total. The molecule has 0 fully saturated rings. The van der Waals surface area contributed by atoms with Gasteiger partial charge in [-0.3, -0.25) is 18.7 Å². The zero-order chi connectivity index (χ0) is 26.4. The minimum absolute atomic E-state index is 0.119. The molecule has 0 saturated carbocycles. The Hall–Kier alpha value is -4.44. The zero-order valence-corrected chi connectivity index (χ0v) is 20.9. The maximum absolute atomic E-state index is 13.4. The third-order valence-electron chi connectivity index (χ3n) is 5.45. The highest BCUT2D eigenvalue weighted by atomic mass is 35.5. The van der Waals surface area contributed by atoms with E-state index in [1.54, 1.807) is 67.7 Å². The smallest absolute Gasteiger partial charge is 0.332 e. The van der Waals surface area contributed by atoms with E-state index in [1.807, 2.05) is 0 Å². The monoisotopic (exact) mass is 521 g/mol. The summed E-state index contributed by atoms with van der Waals surface area (Å²) >= 11 is 6.00. The quantitative estimate of drug-likeness (QED) is 0.330. The number of benzene rings is 1. The predicted molar refractivity (Wildman–Crippen MR) is 139 cm³/mol. The minimum Gasteiger partial charge on any atom is -0.469 e. The standard InChI is InChI=1S/C26H24ClN5O5/c1-17(25(34)36-2)15-32-24(33)13-21(31(26(32)35)16-18-6-8-19(27)9-7-18)30-20-10-11-23(29-14-20)37-22-5-3-4-12-28-22/h3-14,17,30H,15-16H2,1-2H3/t17-/m0/s1. The molecule has 1 aromatic carbocycles. The first-order chi connectivity index (χ1) is 17.8. The van der Waals surface area contributed by atoms with Gasteiger partial charge in [-0.2, -0.15) is 0 Å². The lowest BCUT2D eigenvalue weighted by Crippen LogP contribution is -2.42. The van der Waals surface area contributed by atoms with E-state index in [4.69, 9.17) is 21.1 Å². The molecule has 1 atom stereocenters. The summed E-state index contributed by atoms with van der Waals surface area (Å²) in [4.78, 5) is 46.6. The van der Waals surface area contributed by atoms with Gasteiger partial charge in [0, 0.05) is 36.0 Å². The molecule has 0 aliphatic carbocycles. The van der Waals surface area contributed by atoms with Crippen molar-refractivity contribution in [3.05, 3.63) is 104 Å². The van der Waals surface area contributed by atoms with Crippen molar-refractivity contribution in [1.82, 2.24) is 19.1 Å². The molecule has 0 unspecified atom stereocenters. The van der Waals surface area contributed by atoms with Crippen molar-refractivity contribution in [3.63, 3.8) is 0 Å². The fourth-order valence-electron chi connectivity index (χ4n) is 3.54. The van der Waals surface area contributed by atoms with Crippen LogP contribution in [0.3, 0.4) is 0 Å². The van der Waals surface area contributed by atoms with Gasteiger partial charge in [0.1, 0.15) is 5.82 Å². The van der Waals surface area contributed by atoms with Crippen LogP contribution in [-0.2, 0) is 22.6 Å². The number of halogens is 1. The van der Waals surface area contributed by atoms with Crippen LogP contribution in [0.15, 0.2) is 82.6 Å². The van der Waals surface area contributed by atoms with Gasteiger partial charge >= 0.3 is 11.7 Å². The molecule has 0 saturated heterocycles. The van der Waals surface area contributed by atoms with Gasteiger partial charge in [-0.05, 0) is 29.8 Å². The number of hydrogen-bond acceptors (Lipinski definition) is 8. The van der Waals surface area contributed by atoms with E-state index in [0.29, 0.717) is 22.5 Å². The number of esters is 1. The van der Waals surface area contributed by atoms with Crippen LogP contribution in [-0.4, -0.2) is 32.2 Å². The molecule has 0 aliphatic heterocycles.